The molecule has 2 aromatic rings. The highest BCUT2D eigenvalue weighted by molar-refractivity contribution is 7.53. The fourth-order valence-electron chi connectivity index (χ4n) is 3.72. The van der Waals surface area contributed by atoms with E-state index in [9.17, 15) is 9.67 Å². The quantitative estimate of drug-likeness (QED) is 0.274. The average molecular weight is 481 g/mol. The molecule has 7 nitrogen and oxygen atoms in total. The van der Waals surface area contributed by atoms with Gasteiger partial charge in [0.25, 0.3) is 0 Å². The molecule has 8 heteroatoms. The van der Waals surface area contributed by atoms with Crippen LogP contribution in [0.4, 0.5) is 0 Å². The van der Waals surface area contributed by atoms with Gasteiger partial charge in [-0.1, -0.05) is 19.9 Å². The minimum atomic E-state index is -3.31. The third-order valence-electron chi connectivity index (χ3n) is 5.19. The van der Waals surface area contributed by atoms with Crippen LogP contribution < -0.4 is 9.47 Å². The molecule has 0 spiro atoms. The second kappa shape index (κ2) is 12.5. The summed E-state index contributed by atoms with van der Waals surface area (Å²) in [7, 11) is -1.73. The zero-order valence-electron chi connectivity index (χ0n) is 20.7. The Hall–Kier alpha value is -1.89. The predicted octanol–water partition coefficient (Wildman–Crippen LogP) is 6.09. The number of methoxy groups -OCH3 is 1. The zero-order valence-corrected chi connectivity index (χ0v) is 21.6. The molecule has 0 aliphatic carbocycles. The summed E-state index contributed by atoms with van der Waals surface area (Å²) in [6.45, 7) is 12.2. The van der Waals surface area contributed by atoms with Crippen molar-refractivity contribution in [3.63, 3.8) is 0 Å². The monoisotopic (exact) mass is 480 g/mol. The Morgan fingerprint density at radius 1 is 0.970 bits per heavy atom. The molecule has 2 rings (SSSR count). The SMILES string of the molecule is CCOP(=O)(COc1cc(C)c(C(O)c2ccc(OCOC)c(C(C)C)c2)c(C)c1)OCC. The summed E-state index contributed by atoms with van der Waals surface area (Å²) >= 11 is 0. The fourth-order valence-corrected chi connectivity index (χ4v) is 5.03. The van der Waals surface area contributed by atoms with Crippen molar-refractivity contribution in [3.8, 4) is 11.5 Å². The van der Waals surface area contributed by atoms with Crippen molar-refractivity contribution < 1.29 is 32.9 Å². The number of aryl methyl sites for hydroxylation is 2. The van der Waals surface area contributed by atoms with Gasteiger partial charge >= 0.3 is 7.60 Å². The van der Waals surface area contributed by atoms with Gasteiger partial charge in [0.2, 0.25) is 0 Å². The lowest BCUT2D eigenvalue weighted by Gasteiger charge is -2.22. The van der Waals surface area contributed by atoms with E-state index >= 15 is 0 Å². The number of benzene rings is 2. The van der Waals surface area contributed by atoms with Crippen LogP contribution in [0.5, 0.6) is 11.5 Å². The minimum absolute atomic E-state index is 0.167. The highest BCUT2D eigenvalue weighted by Gasteiger charge is 2.25. The number of ether oxygens (including phenoxy) is 3. The lowest BCUT2D eigenvalue weighted by Crippen LogP contribution is -2.09. The minimum Gasteiger partial charge on any atom is -0.481 e. The summed E-state index contributed by atoms with van der Waals surface area (Å²) in [5.74, 6) is 1.51. The number of aliphatic hydroxyl groups is 1. The first-order valence-electron chi connectivity index (χ1n) is 11.2. The van der Waals surface area contributed by atoms with Crippen molar-refractivity contribution in [3.05, 3.63) is 58.1 Å². The Bertz CT molecular complexity index is 925. The summed E-state index contributed by atoms with van der Waals surface area (Å²) in [5.41, 5.74) is 4.32. The van der Waals surface area contributed by atoms with Crippen LogP contribution in [-0.4, -0.2) is 38.6 Å². The van der Waals surface area contributed by atoms with E-state index in [1.54, 1.807) is 21.0 Å². The standard InChI is InChI=1S/C25H37O7P/c1-8-31-33(27,32-9-2)16-30-21-12-18(5)24(19(6)13-21)25(26)20-10-11-23(29-15-28-7)22(14-20)17(3)4/h10-14,17,25-26H,8-9,15-16H2,1-7H3. The number of hydrogen-bond acceptors (Lipinski definition) is 7. The lowest BCUT2D eigenvalue weighted by atomic mass is 9.90. The van der Waals surface area contributed by atoms with Crippen molar-refractivity contribution in [2.45, 2.75) is 53.6 Å². The summed E-state index contributed by atoms with van der Waals surface area (Å²) in [6.07, 6.45) is -0.984. The van der Waals surface area contributed by atoms with Gasteiger partial charge in [0.05, 0.1) is 13.2 Å². The van der Waals surface area contributed by atoms with E-state index in [-0.39, 0.29) is 32.3 Å². The molecule has 1 N–H and O–H groups in total. The van der Waals surface area contributed by atoms with E-state index in [1.807, 2.05) is 44.2 Å². The van der Waals surface area contributed by atoms with E-state index < -0.39 is 13.7 Å². The summed E-state index contributed by atoms with van der Waals surface area (Å²) in [5, 5.41) is 11.2. The molecule has 1 unspecified atom stereocenters. The largest absolute Gasteiger partial charge is 0.481 e. The maximum absolute atomic E-state index is 12.7. The molecule has 0 fully saturated rings. The maximum Gasteiger partial charge on any atom is 0.367 e. The van der Waals surface area contributed by atoms with Crippen LogP contribution in [0.3, 0.4) is 0 Å². The highest BCUT2D eigenvalue weighted by Crippen LogP contribution is 2.48. The molecule has 1 atom stereocenters. The van der Waals surface area contributed by atoms with Crippen LogP contribution in [0.25, 0.3) is 0 Å². The smallest absolute Gasteiger partial charge is 0.367 e. The Morgan fingerprint density at radius 3 is 2.09 bits per heavy atom. The van der Waals surface area contributed by atoms with Gasteiger partial charge < -0.3 is 28.4 Å². The molecule has 0 aliphatic rings. The van der Waals surface area contributed by atoms with Gasteiger partial charge in [-0.25, -0.2) is 0 Å². The summed E-state index contributed by atoms with van der Waals surface area (Å²) in [4.78, 5) is 0. The second-order valence-electron chi connectivity index (χ2n) is 8.10. The molecule has 0 saturated carbocycles. The molecule has 0 aliphatic heterocycles. The molecule has 33 heavy (non-hydrogen) atoms. The third-order valence-corrected chi connectivity index (χ3v) is 6.93. The first-order chi connectivity index (χ1) is 15.7. The van der Waals surface area contributed by atoms with E-state index in [1.165, 1.54) is 0 Å². The number of rotatable bonds is 13. The van der Waals surface area contributed by atoms with Crippen LogP contribution in [0.2, 0.25) is 0 Å². The second-order valence-corrected chi connectivity index (χ2v) is 10.1. The van der Waals surface area contributed by atoms with Gasteiger partial charge in [0.1, 0.15) is 17.6 Å². The summed E-state index contributed by atoms with van der Waals surface area (Å²) < 4.78 is 39.7. The number of aliphatic hydroxyl groups excluding tert-OH is 1. The van der Waals surface area contributed by atoms with Gasteiger partial charge in [0.15, 0.2) is 13.1 Å². The zero-order chi connectivity index (χ0) is 24.6. The molecule has 0 aromatic heterocycles. The topological polar surface area (TPSA) is 83.5 Å². The normalized spacial score (nSPS) is 12.8. The van der Waals surface area contributed by atoms with Crippen molar-refractivity contribution in [2.75, 3.05) is 33.5 Å². The van der Waals surface area contributed by atoms with Crippen molar-refractivity contribution >= 4 is 7.60 Å². The molecule has 0 saturated heterocycles. The van der Waals surface area contributed by atoms with Crippen molar-refractivity contribution in [2.24, 2.45) is 0 Å². The first kappa shape index (κ1) is 27.4. The van der Waals surface area contributed by atoms with Gasteiger partial charge in [-0.15, -0.1) is 0 Å². The van der Waals surface area contributed by atoms with Crippen molar-refractivity contribution in [1.29, 1.82) is 0 Å². The van der Waals surface area contributed by atoms with E-state index in [4.69, 9.17) is 23.3 Å². The average Bonchev–Trinajstić information content (AvgIpc) is 2.76. The maximum atomic E-state index is 12.7. The first-order valence-corrected chi connectivity index (χ1v) is 12.9. The van der Waals surface area contributed by atoms with Gasteiger partial charge in [0, 0.05) is 7.11 Å². The van der Waals surface area contributed by atoms with E-state index in [0.717, 1.165) is 33.6 Å². The van der Waals surface area contributed by atoms with Gasteiger partial charge in [-0.2, -0.15) is 0 Å². The fraction of sp³-hybridized carbons (Fsp3) is 0.520. The summed E-state index contributed by atoms with van der Waals surface area (Å²) in [6, 6.07) is 9.36. The molecule has 0 bridgehead atoms. The van der Waals surface area contributed by atoms with Crippen LogP contribution in [0.1, 0.15) is 67.5 Å². The molecule has 0 radical (unpaired) electrons. The Labute approximate surface area is 197 Å². The Balaban J connectivity index is 2.29. The van der Waals surface area contributed by atoms with Crippen LogP contribution >= 0.6 is 7.60 Å². The lowest BCUT2D eigenvalue weighted by molar-refractivity contribution is 0.0502. The molecular weight excluding hydrogens is 443 g/mol. The van der Waals surface area contributed by atoms with Gasteiger partial charge in [-0.3, -0.25) is 4.57 Å². The van der Waals surface area contributed by atoms with Crippen LogP contribution in [0, 0.1) is 13.8 Å². The number of hydrogen-bond donors (Lipinski definition) is 1. The van der Waals surface area contributed by atoms with Crippen LogP contribution in [0.15, 0.2) is 30.3 Å². The Kier molecular flexibility index (Phi) is 10.4. The van der Waals surface area contributed by atoms with E-state index in [2.05, 4.69) is 13.8 Å². The van der Waals surface area contributed by atoms with Crippen LogP contribution in [-0.2, 0) is 18.3 Å². The molecule has 0 heterocycles. The molecule has 0 amide bonds. The molecule has 184 valence electrons. The molecule has 2 aromatic carbocycles. The molecular formula is C25H37O7P. The predicted molar refractivity (Wildman–Crippen MR) is 129 cm³/mol. The van der Waals surface area contributed by atoms with Gasteiger partial charge in [-0.05, 0) is 85.7 Å². The third kappa shape index (κ3) is 7.29. The Morgan fingerprint density at radius 2 is 1.58 bits per heavy atom. The van der Waals surface area contributed by atoms with Crippen molar-refractivity contribution in [1.82, 2.24) is 0 Å². The van der Waals surface area contributed by atoms with E-state index in [0.29, 0.717) is 5.75 Å². The highest BCUT2D eigenvalue weighted by atomic mass is 31.2.